The summed E-state index contributed by atoms with van der Waals surface area (Å²) in [5.41, 5.74) is 6.14. The molecule has 4 nitrogen and oxygen atoms in total. The molecular formula is C14H18N4. The van der Waals surface area contributed by atoms with Crippen molar-refractivity contribution in [2.75, 3.05) is 0 Å². The first kappa shape index (κ1) is 12.7. The summed E-state index contributed by atoms with van der Waals surface area (Å²) in [4.78, 5) is 8.17. The molecule has 0 saturated heterocycles. The van der Waals surface area contributed by atoms with Crippen molar-refractivity contribution in [1.29, 1.82) is 0 Å². The summed E-state index contributed by atoms with van der Waals surface area (Å²) in [6.07, 6.45) is 5.48. The van der Waals surface area contributed by atoms with E-state index in [9.17, 15) is 0 Å². The van der Waals surface area contributed by atoms with Crippen molar-refractivity contribution in [2.45, 2.75) is 25.8 Å². The summed E-state index contributed by atoms with van der Waals surface area (Å²) in [5, 5.41) is 0. The van der Waals surface area contributed by atoms with E-state index in [1.807, 2.05) is 6.07 Å². The monoisotopic (exact) mass is 242 g/mol. The van der Waals surface area contributed by atoms with Gasteiger partial charge in [-0.25, -0.2) is 15.4 Å². The quantitative estimate of drug-likeness (QED) is 0.621. The van der Waals surface area contributed by atoms with Crippen molar-refractivity contribution in [2.24, 2.45) is 5.84 Å². The van der Waals surface area contributed by atoms with E-state index in [4.69, 9.17) is 5.84 Å². The lowest BCUT2D eigenvalue weighted by Gasteiger charge is -2.16. The molecule has 1 unspecified atom stereocenters. The van der Waals surface area contributed by atoms with Gasteiger partial charge in [-0.15, -0.1) is 0 Å². The van der Waals surface area contributed by atoms with Gasteiger partial charge in [-0.3, -0.25) is 5.84 Å². The number of benzene rings is 1. The normalized spacial score (nSPS) is 12.3. The maximum absolute atomic E-state index is 5.65. The van der Waals surface area contributed by atoms with Crippen molar-refractivity contribution < 1.29 is 0 Å². The number of hydrogen-bond donors (Lipinski definition) is 2. The largest absolute Gasteiger partial charge is 0.271 e. The number of rotatable bonds is 5. The topological polar surface area (TPSA) is 63.8 Å². The lowest BCUT2D eigenvalue weighted by Crippen LogP contribution is -2.29. The summed E-state index contributed by atoms with van der Waals surface area (Å²) < 4.78 is 0. The van der Waals surface area contributed by atoms with Crippen LogP contribution in [0, 0.1) is 0 Å². The number of nitrogens with zero attached hydrogens (tertiary/aromatic N) is 2. The van der Waals surface area contributed by atoms with Gasteiger partial charge in [0.2, 0.25) is 0 Å². The molecule has 1 heterocycles. The molecule has 2 aromatic rings. The van der Waals surface area contributed by atoms with Gasteiger partial charge in [-0.2, -0.15) is 0 Å². The van der Waals surface area contributed by atoms with Crippen LogP contribution in [0.4, 0.5) is 0 Å². The maximum Gasteiger partial charge on any atom is 0.115 e. The third-order valence-corrected chi connectivity index (χ3v) is 2.89. The maximum atomic E-state index is 5.65. The van der Waals surface area contributed by atoms with Crippen LogP contribution >= 0.6 is 0 Å². The molecule has 0 bridgehead atoms. The van der Waals surface area contributed by atoms with E-state index in [0.29, 0.717) is 0 Å². The zero-order valence-electron chi connectivity index (χ0n) is 10.5. The van der Waals surface area contributed by atoms with E-state index in [1.165, 1.54) is 11.9 Å². The van der Waals surface area contributed by atoms with Gasteiger partial charge in [-0.1, -0.05) is 37.6 Å². The Morgan fingerprint density at radius 3 is 2.89 bits per heavy atom. The van der Waals surface area contributed by atoms with Crippen LogP contribution in [0.2, 0.25) is 0 Å². The van der Waals surface area contributed by atoms with Crippen molar-refractivity contribution in [1.82, 2.24) is 15.4 Å². The fourth-order valence-electron chi connectivity index (χ4n) is 2.04. The molecule has 0 radical (unpaired) electrons. The Labute approximate surface area is 107 Å². The molecule has 2 rings (SSSR count). The standard InChI is InChI=1S/C14H18N4/c1-2-4-11-5-3-6-12(9-11)14(18-15)13-7-8-16-10-17-13/h3,5-10,14,18H,2,4,15H2,1H3. The molecule has 1 aromatic carbocycles. The molecule has 0 aliphatic carbocycles. The van der Waals surface area contributed by atoms with Gasteiger partial charge in [0, 0.05) is 6.20 Å². The second kappa shape index (κ2) is 6.23. The number of nitrogens with two attached hydrogens (primary N) is 1. The second-order valence-corrected chi connectivity index (χ2v) is 4.23. The van der Waals surface area contributed by atoms with E-state index in [-0.39, 0.29) is 6.04 Å². The Balaban J connectivity index is 2.30. The Kier molecular flexibility index (Phi) is 4.39. The first-order valence-electron chi connectivity index (χ1n) is 6.16. The highest BCUT2D eigenvalue weighted by molar-refractivity contribution is 5.31. The molecule has 0 aliphatic rings. The van der Waals surface area contributed by atoms with Crippen LogP contribution in [-0.2, 0) is 6.42 Å². The molecule has 0 saturated carbocycles. The number of aryl methyl sites for hydroxylation is 1. The predicted octanol–water partition coefficient (Wildman–Crippen LogP) is 1.98. The zero-order valence-corrected chi connectivity index (χ0v) is 10.5. The van der Waals surface area contributed by atoms with Crippen LogP contribution in [0.1, 0.15) is 36.2 Å². The highest BCUT2D eigenvalue weighted by atomic mass is 15.2. The Hall–Kier alpha value is -1.78. The summed E-state index contributed by atoms with van der Waals surface area (Å²) >= 11 is 0. The average Bonchev–Trinajstić information content (AvgIpc) is 2.42. The van der Waals surface area contributed by atoms with Crippen LogP contribution in [-0.4, -0.2) is 9.97 Å². The number of hydrogen-bond acceptors (Lipinski definition) is 4. The lowest BCUT2D eigenvalue weighted by atomic mass is 10.00. The van der Waals surface area contributed by atoms with Crippen LogP contribution in [0.25, 0.3) is 0 Å². The van der Waals surface area contributed by atoms with E-state index < -0.39 is 0 Å². The van der Waals surface area contributed by atoms with Gasteiger partial charge in [0.25, 0.3) is 0 Å². The van der Waals surface area contributed by atoms with Gasteiger partial charge in [0.15, 0.2) is 0 Å². The minimum atomic E-state index is -0.0928. The van der Waals surface area contributed by atoms with Crippen molar-refractivity contribution in [3.8, 4) is 0 Å². The summed E-state index contributed by atoms with van der Waals surface area (Å²) in [6.45, 7) is 2.18. The van der Waals surface area contributed by atoms with Crippen LogP contribution < -0.4 is 11.3 Å². The van der Waals surface area contributed by atoms with Gasteiger partial charge in [-0.05, 0) is 23.6 Å². The fraction of sp³-hybridized carbons (Fsp3) is 0.286. The van der Waals surface area contributed by atoms with Gasteiger partial charge < -0.3 is 0 Å². The molecule has 0 aliphatic heterocycles. The lowest BCUT2D eigenvalue weighted by molar-refractivity contribution is 0.618. The summed E-state index contributed by atoms with van der Waals surface area (Å²) in [6, 6.07) is 10.2. The van der Waals surface area contributed by atoms with E-state index >= 15 is 0 Å². The average molecular weight is 242 g/mol. The third kappa shape index (κ3) is 2.91. The molecule has 0 fully saturated rings. The molecular weight excluding hydrogens is 224 g/mol. The first-order valence-corrected chi connectivity index (χ1v) is 6.16. The predicted molar refractivity (Wildman–Crippen MR) is 71.6 cm³/mol. The van der Waals surface area contributed by atoms with Gasteiger partial charge in [0.1, 0.15) is 6.33 Å². The second-order valence-electron chi connectivity index (χ2n) is 4.23. The molecule has 1 aromatic heterocycles. The smallest absolute Gasteiger partial charge is 0.115 e. The van der Waals surface area contributed by atoms with Crippen molar-refractivity contribution >= 4 is 0 Å². The molecule has 3 N–H and O–H groups in total. The fourth-order valence-corrected chi connectivity index (χ4v) is 2.04. The summed E-state index contributed by atoms with van der Waals surface area (Å²) in [5.74, 6) is 5.65. The highest BCUT2D eigenvalue weighted by Crippen LogP contribution is 2.20. The van der Waals surface area contributed by atoms with Gasteiger partial charge in [0.05, 0.1) is 11.7 Å². The van der Waals surface area contributed by atoms with E-state index in [1.54, 1.807) is 6.20 Å². The van der Waals surface area contributed by atoms with E-state index in [2.05, 4.69) is 46.6 Å². The Morgan fingerprint density at radius 1 is 1.33 bits per heavy atom. The van der Waals surface area contributed by atoms with Crippen LogP contribution in [0.3, 0.4) is 0 Å². The van der Waals surface area contributed by atoms with Crippen molar-refractivity contribution in [3.63, 3.8) is 0 Å². The molecule has 0 spiro atoms. The summed E-state index contributed by atoms with van der Waals surface area (Å²) in [7, 11) is 0. The molecule has 18 heavy (non-hydrogen) atoms. The molecule has 0 amide bonds. The van der Waals surface area contributed by atoms with Gasteiger partial charge >= 0.3 is 0 Å². The number of aromatic nitrogens is 2. The molecule has 94 valence electrons. The number of hydrazine groups is 1. The molecule has 4 heteroatoms. The minimum Gasteiger partial charge on any atom is -0.271 e. The van der Waals surface area contributed by atoms with E-state index in [0.717, 1.165) is 24.1 Å². The molecule has 1 atom stereocenters. The Bertz CT molecular complexity index is 484. The van der Waals surface area contributed by atoms with Crippen molar-refractivity contribution in [3.05, 3.63) is 59.7 Å². The minimum absolute atomic E-state index is 0.0928. The van der Waals surface area contributed by atoms with Crippen LogP contribution in [0.15, 0.2) is 42.9 Å². The SMILES string of the molecule is CCCc1cccc(C(NN)c2ccncn2)c1. The number of nitrogens with one attached hydrogen (secondary N) is 1. The Morgan fingerprint density at radius 2 is 2.22 bits per heavy atom. The zero-order chi connectivity index (χ0) is 12.8. The highest BCUT2D eigenvalue weighted by Gasteiger charge is 2.13. The first-order chi connectivity index (χ1) is 8.85. The third-order valence-electron chi connectivity index (χ3n) is 2.89. The van der Waals surface area contributed by atoms with Crippen LogP contribution in [0.5, 0.6) is 0 Å².